The monoisotopic (exact) mass is 351 g/mol. The van der Waals surface area contributed by atoms with Crippen LogP contribution in [0.15, 0.2) is 30.7 Å². The highest BCUT2D eigenvalue weighted by Crippen LogP contribution is 2.26. The number of amides is 1. The molecule has 1 fully saturated rings. The van der Waals surface area contributed by atoms with E-state index in [2.05, 4.69) is 30.2 Å². The van der Waals surface area contributed by atoms with Gasteiger partial charge in [0.05, 0.1) is 24.3 Å². The van der Waals surface area contributed by atoms with Crippen molar-refractivity contribution in [2.45, 2.75) is 6.92 Å². The fourth-order valence-corrected chi connectivity index (χ4v) is 2.74. The van der Waals surface area contributed by atoms with Crippen molar-refractivity contribution in [3.8, 4) is 11.4 Å². The zero-order valence-corrected chi connectivity index (χ0v) is 14.2. The molecule has 1 aliphatic rings. The Labute approximate surface area is 149 Å². The Morgan fingerprint density at radius 2 is 1.92 bits per heavy atom. The molecule has 3 aromatic rings. The Kier molecular flexibility index (Phi) is 4.36. The molecule has 26 heavy (non-hydrogen) atoms. The smallest absolute Gasteiger partial charge is 0.229 e. The lowest BCUT2D eigenvalue weighted by atomic mass is 10.2. The third-order valence-electron chi connectivity index (χ3n) is 3.94. The summed E-state index contributed by atoms with van der Waals surface area (Å²) in [5.74, 6) is 1.32. The summed E-state index contributed by atoms with van der Waals surface area (Å²) >= 11 is 0. The van der Waals surface area contributed by atoms with Gasteiger partial charge in [-0.05, 0) is 12.1 Å². The molecule has 0 saturated carbocycles. The lowest BCUT2D eigenvalue weighted by Gasteiger charge is -2.28. The summed E-state index contributed by atoms with van der Waals surface area (Å²) in [4.78, 5) is 35.3. The molecule has 1 amide bonds. The van der Waals surface area contributed by atoms with Crippen LogP contribution in [0.1, 0.15) is 6.92 Å². The number of nitrogens with one attached hydrogen (secondary N) is 1. The standard InChI is InChI=1S/C17H17N7O2/c1-11(25)21-17-19-9-12(10-20-17)15-22-13-3-2-4-18-14(13)16(23-15)24-5-7-26-8-6-24/h2-4,9-10H,5-8H2,1H3,(H,19,20,21,25). The second kappa shape index (κ2) is 6.96. The number of carbonyl (C=O) groups excluding carboxylic acids is 1. The fourth-order valence-electron chi connectivity index (χ4n) is 2.74. The summed E-state index contributed by atoms with van der Waals surface area (Å²) in [7, 11) is 0. The molecule has 3 aromatic heterocycles. The molecule has 4 rings (SSSR count). The summed E-state index contributed by atoms with van der Waals surface area (Å²) in [6.45, 7) is 4.22. The fraction of sp³-hybridized carbons (Fsp3) is 0.294. The molecule has 0 spiro atoms. The summed E-state index contributed by atoms with van der Waals surface area (Å²) in [5.41, 5.74) is 2.18. The van der Waals surface area contributed by atoms with Crippen molar-refractivity contribution < 1.29 is 9.53 Å². The van der Waals surface area contributed by atoms with Crippen molar-refractivity contribution in [3.63, 3.8) is 0 Å². The predicted octanol–water partition coefficient (Wildman–Crippen LogP) is 1.28. The minimum Gasteiger partial charge on any atom is -0.378 e. The van der Waals surface area contributed by atoms with Gasteiger partial charge in [0.15, 0.2) is 11.6 Å². The van der Waals surface area contributed by atoms with E-state index in [1.807, 2.05) is 12.1 Å². The van der Waals surface area contributed by atoms with Gasteiger partial charge in [0.1, 0.15) is 5.52 Å². The van der Waals surface area contributed by atoms with E-state index >= 15 is 0 Å². The molecule has 0 aliphatic carbocycles. The minimum atomic E-state index is -0.222. The number of nitrogens with zero attached hydrogens (tertiary/aromatic N) is 6. The molecule has 132 valence electrons. The average Bonchev–Trinajstić information content (AvgIpc) is 2.68. The van der Waals surface area contributed by atoms with E-state index in [0.29, 0.717) is 24.6 Å². The van der Waals surface area contributed by atoms with Crippen LogP contribution in [0.4, 0.5) is 11.8 Å². The Morgan fingerprint density at radius 3 is 2.65 bits per heavy atom. The van der Waals surface area contributed by atoms with Gasteiger partial charge >= 0.3 is 0 Å². The van der Waals surface area contributed by atoms with Crippen LogP contribution in [-0.2, 0) is 9.53 Å². The van der Waals surface area contributed by atoms with E-state index in [9.17, 15) is 4.79 Å². The van der Waals surface area contributed by atoms with E-state index < -0.39 is 0 Å². The lowest BCUT2D eigenvalue weighted by Crippen LogP contribution is -2.37. The van der Waals surface area contributed by atoms with Gasteiger partial charge in [0.25, 0.3) is 0 Å². The number of hydrogen-bond donors (Lipinski definition) is 1. The molecule has 0 bridgehead atoms. The van der Waals surface area contributed by atoms with E-state index in [-0.39, 0.29) is 11.9 Å². The highest BCUT2D eigenvalue weighted by atomic mass is 16.5. The molecule has 0 aromatic carbocycles. The van der Waals surface area contributed by atoms with Crippen LogP contribution in [0.2, 0.25) is 0 Å². The number of pyridine rings is 1. The van der Waals surface area contributed by atoms with Crippen LogP contribution in [0.25, 0.3) is 22.4 Å². The maximum atomic E-state index is 11.1. The Hall–Kier alpha value is -3.20. The lowest BCUT2D eigenvalue weighted by molar-refractivity contribution is -0.114. The zero-order chi connectivity index (χ0) is 17.9. The molecular weight excluding hydrogens is 334 g/mol. The van der Waals surface area contributed by atoms with Crippen molar-refractivity contribution in [2.24, 2.45) is 0 Å². The summed E-state index contributed by atoms with van der Waals surface area (Å²) < 4.78 is 5.43. The van der Waals surface area contributed by atoms with Crippen LogP contribution in [0.5, 0.6) is 0 Å². The number of rotatable bonds is 3. The second-order valence-corrected chi connectivity index (χ2v) is 5.82. The van der Waals surface area contributed by atoms with Crippen molar-refractivity contribution in [1.82, 2.24) is 24.9 Å². The van der Waals surface area contributed by atoms with Gasteiger partial charge in [-0.15, -0.1) is 0 Å². The molecule has 4 heterocycles. The first-order chi connectivity index (χ1) is 12.7. The van der Waals surface area contributed by atoms with Gasteiger partial charge in [-0.2, -0.15) is 0 Å². The van der Waals surface area contributed by atoms with E-state index in [4.69, 9.17) is 9.72 Å². The first-order valence-electron chi connectivity index (χ1n) is 8.26. The highest BCUT2D eigenvalue weighted by molar-refractivity contribution is 5.88. The van der Waals surface area contributed by atoms with E-state index in [1.165, 1.54) is 6.92 Å². The number of hydrogen-bond acceptors (Lipinski definition) is 8. The first-order valence-corrected chi connectivity index (χ1v) is 8.26. The minimum absolute atomic E-state index is 0.222. The maximum Gasteiger partial charge on any atom is 0.229 e. The molecule has 9 heteroatoms. The van der Waals surface area contributed by atoms with Crippen molar-refractivity contribution in [3.05, 3.63) is 30.7 Å². The second-order valence-electron chi connectivity index (χ2n) is 5.82. The quantitative estimate of drug-likeness (QED) is 0.752. The molecule has 1 N–H and O–H groups in total. The third-order valence-corrected chi connectivity index (χ3v) is 3.94. The van der Waals surface area contributed by atoms with Gasteiger partial charge in [-0.25, -0.2) is 19.9 Å². The van der Waals surface area contributed by atoms with Crippen LogP contribution in [0.3, 0.4) is 0 Å². The van der Waals surface area contributed by atoms with Gasteiger partial charge in [-0.1, -0.05) is 0 Å². The van der Waals surface area contributed by atoms with Crippen molar-refractivity contribution in [1.29, 1.82) is 0 Å². The van der Waals surface area contributed by atoms with Crippen LogP contribution in [-0.4, -0.2) is 57.1 Å². The highest BCUT2D eigenvalue weighted by Gasteiger charge is 2.19. The number of ether oxygens (including phenoxy) is 1. The van der Waals surface area contributed by atoms with Crippen LogP contribution in [0, 0.1) is 0 Å². The third kappa shape index (κ3) is 3.29. The topological polar surface area (TPSA) is 106 Å². The molecule has 1 aliphatic heterocycles. The summed E-state index contributed by atoms with van der Waals surface area (Å²) in [5, 5.41) is 2.54. The Balaban J connectivity index is 1.76. The number of anilines is 2. The first kappa shape index (κ1) is 16.3. The Morgan fingerprint density at radius 1 is 1.15 bits per heavy atom. The average molecular weight is 351 g/mol. The van der Waals surface area contributed by atoms with Gasteiger partial charge in [0, 0.05) is 38.6 Å². The van der Waals surface area contributed by atoms with Crippen molar-refractivity contribution in [2.75, 3.05) is 36.5 Å². The number of carbonyl (C=O) groups is 1. The number of fused-ring (bicyclic) bond motifs is 1. The summed E-state index contributed by atoms with van der Waals surface area (Å²) in [6.07, 6.45) is 4.93. The van der Waals surface area contributed by atoms with E-state index in [0.717, 1.165) is 29.9 Å². The Bertz CT molecular complexity index is 939. The zero-order valence-electron chi connectivity index (χ0n) is 14.2. The predicted molar refractivity (Wildman–Crippen MR) is 95.7 cm³/mol. The SMILES string of the molecule is CC(=O)Nc1ncc(-c2nc(N3CCOCC3)c3ncccc3n2)cn1. The molecule has 9 nitrogen and oxygen atoms in total. The normalized spacial score (nSPS) is 14.4. The number of morpholine rings is 1. The van der Waals surface area contributed by atoms with Crippen molar-refractivity contribution >= 4 is 28.7 Å². The summed E-state index contributed by atoms with van der Waals surface area (Å²) in [6, 6.07) is 3.75. The van der Waals surface area contributed by atoms with Gasteiger partial charge in [0.2, 0.25) is 11.9 Å². The molecule has 0 radical (unpaired) electrons. The molecule has 1 saturated heterocycles. The van der Waals surface area contributed by atoms with Crippen LogP contribution < -0.4 is 10.2 Å². The maximum absolute atomic E-state index is 11.1. The molecular formula is C17H17N7O2. The molecule has 0 unspecified atom stereocenters. The van der Waals surface area contributed by atoms with Gasteiger partial charge in [-0.3, -0.25) is 15.1 Å². The number of aromatic nitrogens is 5. The van der Waals surface area contributed by atoms with E-state index in [1.54, 1.807) is 18.6 Å². The van der Waals surface area contributed by atoms with Gasteiger partial charge < -0.3 is 9.64 Å². The van der Waals surface area contributed by atoms with Crippen LogP contribution >= 0.6 is 0 Å². The molecule has 0 atom stereocenters. The largest absolute Gasteiger partial charge is 0.378 e.